The number of benzene rings is 2. The van der Waals surface area contributed by atoms with Crippen LogP contribution in [0, 0.1) is 5.92 Å². The zero-order valence-electron chi connectivity index (χ0n) is 26.5. The van der Waals surface area contributed by atoms with E-state index in [4.69, 9.17) is 10.5 Å². The number of hydrogen-bond donors (Lipinski definition) is 6. The predicted molar refractivity (Wildman–Crippen MR) is 171 cm³/mol. The van der Waals surface area contributed by atoms with Crippen molar-refractivity contribution in [2.24, 2.45) is 11.7 Å². The first-order valence-corrected chi connectivity index (χ1v) is 15.0. The number of carbonyl (C=O) groups excluding carboxylic acids is 6. The average Bonchev–Trinajstić information content (AvgIpc) is 3.04. The van der Waals surface area contributed by atoms with Crippen LogP contribution < -0.4 is 32.3 Å². The third-order valence-electron chi connectivity index (χ3n) is 6.55. The van der Waals surface area contributed by atoms with E-state index in [9.17, 15) is 28.8 Å². The van der Waals surface area contributed by atoms with Gasteiger partial charge in [0, 0.05) is 26.6 Å². The molecule has 7 N–H and O–H groups in total. The quantitative estimate of drug-likeness (QED) is 0.121. The van der Waals surface area contributed by atoms with Crippen molar-refractivity contribution in [2.45, 2.75) is 45.4 Å². The van der Waals surface area contributed by atoms with Crippen LogP contribution >= 0.6 is 0 Å². The van der Waals surface area contributed by atoms with Gasteiger partial charge in [0.1, 0.15) is 25.2 Å². The largest absolute Gasteiger partial charge is 0.445 e. The fraction of sp³-hybridized carbons (Fsp3) is 0.438. The summed E-state index contributed by atoms with van der Waals surface area (Å²) in [6, 6.07) is 16.3. The topological polar surface area (TPSA) is 201 Å². The van der Waals surface area contributed by atoms with Gasteiger partial charge in [0.05, 0.1) is 13.1 Å². The van der Waals surface area contributed by atoms with Crippen LogP contribution in [-0.2, 0) is 41.7 Å². The lowest BCUT2D eigenvalue weighted by atomic mass is 10.0. The molecule has 0 aromatic heterocycles. The molecule has 2 atom stereocenters. The average molecular weight is 640 g/mol. The fourth-order valence-electron chi connectivity index (χ4n) is 4.21. The van der Waals surface area contributed by atoms with E-state index in [0.29, 0.717) is 6.42 Å². The second-order valence-electron chi connectivity index (χ2n) is 11.0. The van der Waals surface area contributed by atoms with Gasteiger partial charge in [-0.1, -0.05) is 74.5 Å². The Morgan fingerprint density at radius 2 is 1.33 bits per heavy atom. The molecule has 0 aliphatic rings. The van der Waals surface area contributed by atoms with E-state index in [1.165, 1.54) is 7.05 Å². The molecule has 14 heteroatoms. The first kappa shape index (κ1) is 37.2. The summed E-state index contributed by atoms with van der Waals surface area (Å²) in [7, 11) is 1.44. The van der Waals surface area contributed by atoms with E-state index in [-0.39, 0.29) is 51.7 Å². The highest BCUT2D eigenvalue weighted by Gasteiger charge is 2.27. The third kappa shape index (κ3) is 14.7. The van der Waals surface area contributed by atoms with E-state index in [0.717, 1.165) is 16.0 Å². The first-order valence-electron chi connectivity index (χ1n) is 15.0. The lowest BCUT2D eigenvalue weighted by molar-refractivity contribution is -0.132. The second-order valence-corrected chi connectivity index (χ2v) is 11.0. The molecule has 46 heavy (non-hydrogen) atoms. The van der Waals surface area contributed by atoms with Crippen LogP contribution in [-0.4, -0.2) is 92.4 Å². The molecular formula is C32H45N7O7. The Balaban J connectivity index is 1.77. The Morgan fingerprint density at radius 1 is 0.739 bits per heavy atom. The van der Waals surface area contributed by atoms with Gasteiger partial charge in [-0.3, -0.25) is 24.0 Å². The highest BCUT2D eigenvalue weighted by atomic mass is 16.6. The summed E-state index contributed by atoms with van der Waals surface area (Å²) in [6.45, 7) is 3.14. The van der Waals surface area contributed by atoms with Crippen LogP contribution in [0.25, 0.3) is 0 Å². The summed E-state index contributed by atoms with van der Waals surface area (Å²) in [4.78, 5) is 75.9. The zero-order valence-corrected chi connectivity index (χ0v) is 26.5. The smallest absolute Gasteiger partial charge is 0.410 e. The molecule has 0 bridgehead atoms. The fourth-order valence-corrected chi connectivity index (χ4v) is 4.21. The molecule has 0 heterocycles. The zero-order chi connectivity index (χ0) is 33.9. The van der Waals surface area contributed by atoms with Gasteiger partial charge in [-0.25, -0.2) is 4.79 Å². The molecule has 250 valence electrons. The normalized spacial score (nSPS) is 11.8. The summed E-state index contributed by atoms with van der Waals surface area (Å²) >= 11 is 0. The Bertz CT molecular complexity index is 1290. The molecule has 0 unspecified atom stereocenters. The molecule has 0 aliphatic heterocycles. The van der Waals surface area contributed by atoms with Crippen LogP contribution in [0.2, 0.25) is 0 Å². The number of rotatable bonds is 18. The minimum atomic E-state index is -0.959. The number of ether oxygens (including phenoxy) is 1. The van der Waals surface area contributed by atoms with Gasteiger partial charge >= 0.3 is 6.09 Å². The van der Waals surface area contributed by atoms with E-state index >= 15 is 0 Å². The number of carbonyl (C=O) groups is 6. The number of likely N-dealkylation sites (N-methyl/N-ethyl adjacent to an activating group) is 1. The van der Waals surface area contributed by atoms with Crippen molar-refractivity contribution >= 4 is 35.6 Å². The molecule has 0 radical (unpaired) electrons. The molecule has 0 saturated carbocycles. The molecule has 0 saturated heterocycles. The standard InChI is InChI=1S/C32H45N7O7/c1-22(2)16-25(38-31(44)26(37-27(40)18-33)17-23-10-6-4-7-11-23)30(43)36-19-28(41)34-14-15-35-29(42)20-39(3)32(45)46-21-24-12-8-5-9-13-24/h4-13,22,25-26H,14-21,33H2,1-3H3,(H,34,41)(H,35,42)(H,36,43)(H,37,40)(H,38,44)/t25-,26-/m0/s1. The van der Waals surface area contributed by atoms with Crippen LogP contribution in [0.4, 0.5) is 4.79 Å². The Hall–Kier alpha value is -4.98. The molecule has 2 aromatic rings. The number of hydrogen-bond acceptors (Lipinski definition) is 8. The van der Waals surface area contributed by atoms with Crippen LogP contribution in [0.15, 0.2) is 60.7 Å². The highest BCUT2D eigenvalue weighted by Crippen LogP contribution is 2.08. The van der Waals surface area contributed by atoms with E-state index in [2.05, 4.69) is 26.6 Å². The molecule has 0 spiro atoms. The maximum Gasteiger partial charge on any atom is 0.410 e. The molecule has 0 fully saturated rings. The molecular weight excluding hydrogens is 594 g/mol. The van der Waals surface area contributed by atoms with Gasteiger partial charge in [-0.05, 0) is 23.5 Å². The van der Waals surface area contributed by atoms with Gasteiger partial charge in [-0.2, -0.15) is 0 Å². The van der Waals surface area contributed by atoms with Crippen molar-refractivity contribution in [3.05, 3.63) is 71.8 Å². The lowest BCUT2D eigenvalue weighted by Gasteiger charge is -2.24. The van der Waals surface area contributed by atoms with Crippen molar-refractivity contribution in [1.29, 1.82) is 0 Å². The van der Waals surface area contributed by atoms with Crippen molar-refractivity contribution < 1.29 is 33.5 Å². The van der Waals surface area contributed by atoms with Crippen molar-refractivity contribution in [3.8, 4) is 0 Å². The van der Waals surface area contributed by atoms with Gasteiger partial charge in [0.2, 0.25) is 29.5 Å². The Labute approximate surface area is 269 Å². The SMILES string of the molecule is CC(C)C[C@H](NC(=O)[C@H](Cc1ccccc1)NC(=O)CN)C(=O)NCC(=O)NCCNC(=O)CN(C)C(=O)OCc1ccccc1. The van der Waals surface area contributed by atoms with Gasteiger partial charge in [0.25, 0.3) is 0 Å². The van der Waals surface area contributed by atoms with E-state index in [1.807, 2.05) is 74.5 Å². The van der Waals surface area contributed by atoms with E-state index in [1.54, 1.807) is 0 Å². The van der Waals surface area contributed by atoms with Crippen molar-refractivity contribution in [3.63, 3.8) is 0 Å². The third-order valence-corrected chi connectivity index (χ3v) is 6.55. The number of nitrogens with one attached hydrogen (secondary N) is 5. The first-order chi connectivity index (χ1) is 22.0. The van der Waals surface area contributed by atoms with Gasteiger partial charge < -0.3 is 42.0 Å². The summed E-state index contributed by atoms with van der Waals surface area (Å²) in [5.74, 6) is -2.54. The maximum atomic E-state index is 13.2. The van der Waals surface area contributed by atoms with Crippen LogP contribution in [0.5, 0.6) is 0 Å². The summed E-state index contributed by atoms with van der Waals surface area (Å²) in [5, 5.41) is 13.0. The van der Waals surface area contributed by atoms with Crippen molar-refractivity contribution in [2.75, 3.05) is 39.8 Å². The summed E-state index contributed by atoms with van der Waals surface area (Å²) in [5.41, 5.74) is 7.06. The van der Waals surface area contributed by atoms with Crippen molar-refractivity contribution in [1.82, 2.24) is 31.5 Å². The van der Waals surface area contributed by atoms with Crippen LogP contribution in [0.3, 0.4) is 0 Å². The van der Waals surface area contributed by atoms with Crippen LogP contribution in [0.1, 0.15) is 31.4 Å². The minimum absolute atomic E-state index is 0.0319. The molecule has 2 rings (SSSR count). The summed E-state index contributed by atoms with van der Waals surface area (Å²) < 4.78 is 5.18. The van der Waals surface area contributed by atoms with Gasteiger partial charge in [0.15, 0.2) is 0 Å². The molecule has 0 aliphatic carbocycles. The monoisotopic (exact) mass is 639 g/mol. The predicted octanol–water partition coefficient (Wildman–Crippen LogP) is -0.179. The molecule has 6 amide bonds. The number of nitrogens with two attached hydrogens (primary N) is 1. The summed E-state index contributed by atoms with van der Waals surface area (Å²) in [6.07, 6.45) is -0.160. The molecule has 14 nitrogen and oxygen atoms in total. The molecule has 2 aromatic carbocycles. The van der Waals surface area contributed by atoms with E-state index < -0.39 is 47.7 Å². The maximum absolute atomic E-state index is 13.2. The number of nitrogens with zero attached hydrogens (tertiary/aromatic N) is 1. The number of amides is 6. The highest BCUT2D eigenvalue weighted by molar-refractivity contribution is 5.93. The Morgan fingerprint density at radius 3 is 1.91 bits per heavy atom. The second kappa shape index (κ2) is 20.1. The Kier molecular flexibility index (Phi) is 16.3. The minimum Gasteiger partial charge on any atom is -0.445 e. The lowest BCUT2D eigenvalue weighted by Crippen LogP contribution is -2.56. The van der Waals surface area contributed by atoms with Gasteiger partial charge in [-0.15, -0.1) is 0 Å².